The Morgan fingerprint density at radius 1 is 1.21 bits per heavy atom. The molecule has 1 atom stereocenters. The number of H-pyrrole nitrogens is 1. The van der Waals surface area contributed by atoms with E-state index in [1.165, 1.54) is 17.0 Å². The lowest BCUT2D eigenvalue weighted by Crippen LogP contribution is -2.14. The van der Waals surface area contributed by atoms with Gasteiger partial charge in [-0.05, 0) is 48.1 Å². The second kappa shape index (κ2) is 9.15. The van der Waals surface area contributed by atoms with Gasteiger partial charge < -0.3 is 10.4 Å². The van der Waals surface area contributed by atoms with E-state index in [4.69, 9.17) is 10.6 Å². The van der Waals surface area contributed by atoms with Gasteiger partial charge in [-0.3, -0.25) is 10.0 Å². The van der Waals surface area contributed by atoms with Crippen molar-refractivity contribution < 1.29 is 10.0 Å². The van der Waals surface area contributed by atoms with Crippen LogP contribution in [0.15, 0.2) is 60.8 Å². The maximum absolute atomic E-state index is 11.1. The van der Waals surface area contributed by atoms with Crippen LogP contribution in [0.4, 0.5) is 0 Å². The van der Waals surface area contributed by atoms with Gasteiger partial charge in [0, 0.05) is 34.8 Å². The largest absolute Gasteiger partial charge is 0.361 e. The van der Waals surface area contributed by atoms with Crippen LogP contribution in [0, 0.1) is 5.41 Å². The monoisotopic (exact) mass is 375 g/mol. The third-order valence-corrected chi connectivity index (χ3v) is 5.04. The van der Waals surface area contributed by atoms with Gasteiger partial charge in [-0.2, -0.15) is 0 Å². The number of aromatic amines is 1. The van der Waals surface area contributed by atoms with E-state index in [1.807, 2.05) is 42.6 Å². The molecule has 1 unspecified atom stereocenters. The molecule has 2 aromatic carbocycles. The van der Waals surface area contributed by atoms with Crippen molar-refractivity contribution in [3.63, 3.8) is 0 Å². The molecule has 4 N–H and O–H groups in total. The molecule has 0 aliphatic rings. The van der Waals surface area contributed by atoms with Crippen molar-refractivity contribution in [2.24, 2.45) is 0 Å². The number of carbonyl (C=O) groups is 1. The zero-order valence-electron chi connectivity index (χ0n) is 15.9. The van der Waals surface area contributed by atoms with Crippen molar-refractivity contribution in [1.82, 2.24) is 10.5 Å². The van der Waals surface area contributed by atoms with Gasteiger partial charge in [0.1, 0.15) is 0 Å². The number of aromatic nitrogens is 1. The topological polar surface area (TPSA) is 89.0 Å². The SMILES string of the molecule is CCC(C(=N)CCc1c[nH]c2ccccc12)c1ccc(/C=C/C(=O)NO)cc1. The minimum absolute atomic E-state index is 0.0870. The second-order valence-electron chi connectivity index (χ2n) is 6.82. The second-order valence-corrected chi connectivity index (χ2v) is 6.82. The van der Waals surface area contributed by atoms with Crippen LogP contribution >= 0.6 is 0 Å². The average Bonchev–Trinajstić information content (AvgIpc) is 3.15. The van der Waals surface area contributed by atoms with Gasteiger partial charge in [-0.15, -0.1) is 0 Å². The number of aryl methyl sites for hydroxylation is 1. The minimum atomic E-state index is -0.561. The van der Waals surface area contributed by atoms with Crippen LogP contribution in [-0.4, -0.2) is 21.8 Å². The molecule has 0 radical (unpaired) electrons. The first-order valence-electron chi connectivity index (χ1n) is 9.46. The van der Waals surface area contributed by atoms with Crippen LogP contribution in [0.2, 0.25) is 0 Å². The Kier molecular flexibility index (Phi) is 6.40. The normalized spacial score (nSPS) is 12.4. The fourth-order valence-corrected chi connectivity index (χ4v) is 3.51. The summed E-state index contributed by atoms with van der Waals surface area (Å²) >= 11 is 0. The molecule has 0 spiro atoms. The van der Waals surface area contributed by atoms with Crippen LogP contribution in [0.5, 0.6) is 0 Å². The average molecular weight is 375 g/mol. The Balaban J connectivity index is 1.66. The molecular formula is C23H25N3O2. The van der Waals surface area contributed by atoms with Crippen molar-refractivity contribution >= 4 is 28.6 Å². The van der Waals surface area contributed by atoms with Gasteiger partial charge in [0.05, 0.1) is 0 Å². The van der Waals surface area contributed by atoms with Crippen molar-refractivity contribution in [2.45, 2.75) is 32.1 Å². The summed E-state index contributed by atoms with van der Waals surface area (Å²) in [7, 11) is 0. The number of fused-ring (bicyclic) bond motifs is 1. The quantitative estimate of drug-likeness (QED) is 0.197. The molecule has 144 valence electrons. The molecule has 5 heteroatoms. The van der Waals surface area contributed by atoms with Gasteiger partial charge in [0.25, 0.3) is 5.91 Å². The Morgan fingerprint density at radius 2 is 1.96 bits per heavy atom. The minimum Gasteiger partial charge on any atom is -0.361 e. The Morgan fingerprint density at radius 3 is 2.68 bits per heavy atom. The summed E-state index contributed by atoms with van der Waals surface area (Å²) in [6, 6.07) is 16.1. The third kappa shape index (κ3) is 4.56. The summed E-state index contributed by atoms with van der Waals surface area (Å²) in [5.41, 5.74) is 6.66. The zero-order chi connectivity index (χ0) is 19.9. The number of para-hydroxylation sites is 1. The van der Waals surface area contributed by atoms with Crippen molar-refractivity contribution in [3.8, 4) is 0 Å². The summed E-state index contributed by atoms with van der Waals surface area (Å²) in [6.45, 7) is 2.10. The molecule has 0 saturated heterocycles. The molecule has 5 nitrogen and oxygen atoms in total. The van der Waals surface area contributed by atoms with Gasteiger partial charge in [0.2, 0.25) is 0 Å². The van der Waals surface area contributed by atoms with Crippen molar-refractivity contribution in [3.05, 3.63) is 77.5 Å². The highest BCUT2D eigenvalue weighted by molar-refractivity contribution is 5.91. The van der Waals surface area contributed by atoms with E-state index in [-0.39, 0.29) is 5.92 Å². The van der Waals surface area contributed by atoms with E-state index in [0.717, 1.165) is 41.6 Å². The first-order chi connectivity index (χ1) is 13.6. The molecule has 1 amide bonds. The highest BCUT2D eigenvalue weighted by Gasteiger charge is 2.15. The van der Waals surface area contributed by atoms with Gasteiger partial charge in [0.15, 0.2) is 0 Å². The fourth-order valence-electron chi connectivity index (χ4n) is 3.51. The standard InChI is InChI=1S/C23H25N3O2/c1-2-19(17-10-7-16(8-11-17)9-14-23(27)26-28)21(24)13-12-18-15-25-22-6-4-3-5-20(18)22/h3-11,14-15,19,24-25,28H,2,12-13H2,1H3,(H,26,27)/b14-9+,24-21?. The molecular weight excluding hydrogens is 350 g/mol. The Bertz CT molecular complexity index is 987. The molecule has 0 aliphatic carbocycles. The molecule has 1 heterocycles. The first kappa shape index (κ1) is 19.6. The zero-order valence-corrected chi connectivity index (χ0v) is 15.9. The number of benzene rings is 2. The van der Waals surface area contributed by atoms with E-state index >= 15 is 0 Å². The molecule has 0 saturated carbocycles. The van der Waals surface area contributed by atoms with Crippen molar-refractivity contribution in [2.75, 3.05) is 0 Å². The number of hydroxylamine groups is 1. The highest BCUT2D eigenvalue weighted by Crippen LogP contribution is 2.25. The number of nitrogens with one attached hydrogen (secondary N) is 3. The van der Waals surface area contributed by atoms with Crippen LogP contribution in [0.25, 0.3) is 17.0 Å². The maximum atomic E-state index is 11.1. The Labute approximate surface area is 164 Å². The third-order valence-electron chi connectivity index (χ3n) is 5.04. The lowest BCUT2D eigenvalue weighted by atomic mass is 9.88. The summed E-state index contributed by atoms with van der Waals surface area (Å²) < 4.78 is 0. The molecule has 28 heavy (non-hydrogen) atoms. The first-order valence-corrected chi connectivity index (χ1v) is 9.46. The Hall–Kier alpha value is -3.18. The van der Waals surface area contributed by atoms with E-state index in [2.05, 4.69) is 24.0 Å². The van der Waals surface area contributed by atoms with E-state index < -0.39 is 5.91 Å². The summed E-state index contributed by atoms with van der Waals surface area (Å²) in [5.74, 6) is -0.474. The van der Waals surface area contributed by atoms with Gasteiger partial charge in [-0.25, -0.2) is 5.48 Å². The van der Waals surface area contributed by atoms with Gasteiger partial charge in [-0.1, -0.05) is 49.4 Å². The molecule has 0 fully saturated rings. The number of amides is 1. The summed E-state index contributed by atoms with van der Waals surface area (Å²) in [4.78, 5) is 14.4. The van der Waals surface area contributed by atoms with Gasteiger partial charge >= 0.3 is 0 Å². The summed E-state index contributed by atoms with van der Waals surface area (Å²) in [6.07, 6.45) is 7.39. The lowest BCUT2D eigenvalue weighted by Gasteiger charge is -2.17. The predicted octanol–water partition coefficient (Wildman–Crippen LogP) is 4.83. The van der Waals surface area contributed by atoms with Crippen molar-refractivity contribution in [1.29, 1.82) is 5.41 Å². The molecule has 1 aromatic heterocycles. The van der Waals surface area contributed by atoms with Crippen LogP contribution < -0.4 is 5.48 Å². The van der Waals surface area contributed by atoms with Crippen LogP contribution in [0.3, 0.4) is 0 Å². The number of carbonyl (C=O) groups excluding carboxylic acids is 1. The predicted molar refractivity (Wildman–Crippen MR) is 113 cm³/mol. The summed E-state index contributed by atoms with van der Waals surface area (Å²) in [5, 5.41) is 18.4. The molecule has 3 aromatic rings. The lowest BCUT2D eigenvalue weighted by molar-refractivity contribution is -0.124. The number of hydrogen-bond acceptors (Lipinski definition) is 3. The van der Waals surface area contributed by atoms with Crippen LogP contribution in [-0.2, 0) is 11.2 Å². The smallest absolute Gasteiger partial charge is 0.267 e. The fraction of sp³-hybridized carbons (Fsp3) is 0.217. The number of rotatable bonds is 8. The van der Waals surface area contributed by atoms with E-state index in [9.17, 15) is 4.79 Å². The van der Waals surface area contributed by atoms with E-state index in [1.54, 1.807) is 11.6 Å². The molecule has 0 bridgehead atoms. The maximum Gasteiger partial charge on any atom is 0.267 e. The van der Waals surface area contributed by atoms with E-state index in [0.29, 0.717) is 0 Å². The highest BCUT2D eigenvalue weighted by atomic mass is 16.5. The van der Waals surface area contributed by atoms with Crippen LogP contribution in [0.1, 0.15) is 42.4 Å². The molecule has 0 aliphatic heterocycles. The molecule has 3 rings (SSSR count). The number of hydrogen-bond donors (Lipinski definition) is 4.